The second-order valence-electron chi connectivity index (χ2n) is 16.6. The van der Waals surface area contributed by atoms with Gasteiger partial charge in [0.25, 0.3) is 0 Å². The Kier molecular flexibility index (Phi) is 8.09. The van der Waals surface area contributed by atoms with Crippen molar-refractivity contribution in [2.24, 2.45) is 0 Å². The van der Waals surface area contributed by atoms with E-state index in [-0.39, 0.29) is 0 Å². The molecule has 300 valence electrons. The summed E-state index contributed by atoms with van der Waals surface area (Å²) in [6.07, 6.45) is 0. The maximum absolute atomic E-state index is 6.78. The van der Waals surface area contributed by atoms with Crippen molar-refractivity contribution in [3.05, 3.63) is 253 Å². The summed E-state index contributed by atoms with van der Waals surface area (Å²) in [5.41, 5.74) is 16.6. The van der Waals surface area contributed by atoms with Crippen LogP contribution in [0, 0.1) is 0 Å². The molecule has 2 heterocycles. The van der Waals surface area contributed by atoms with E-state index in [0.717, 1.165) is 72.0 Å². The van der Waals surface area contributed by atoms with Gasteiger partial charge in [-0.2, -0.15) is 0 Å². The van der Waals surface area contributed by atoms with Gasteiger partial charge in [0.1, 0.15) is 16.7 Å². The smallest absolute Gasteiger partial charge is 0.227 e. The first-order chi connectivity index (χ1) is 31.7. The number of oxazole rings is 1. The van der Waals surface area contributed by atoms with Gasteiger partial charge in [0.15, 0.2) is 5.58 Å². The number of nitrogens with zero attached hydrogens (tertiary/aromatic N) is 2. The van der Waals surface area contributed by atoms with E-state index in [2.05, 4.69) is 211 Å². The Morgan fingerprint density at radius 1 is 0.359 bits per heavy atom. The van der Waals surface area contributed by atoms with E-state index in [1.165, 1.54) is 38.9 Å². The Balaban J connectivity index is 1.05. The lowest BCUT2D eigenvalue weighted by molar-refractivity contribution is 0.620. The topological polar surface area (TPSA) is 42.4 Å². The van der Waals surface area contributed by atoms with Crippen LogP contribution in [-0.4, -0.2) is 4.98 Å². The zero-order valence-corrected chi connectivity index (χ0v) is 34.7. The second kappa shape index (κ2) is 14.3. The van der Waals surface area contributed by atoms with Crippen LogP contribution in [0.2, 0.25) is 0 Å². The monoisotopic (exact) mass is 818 g/mol. The number of hydrogen-bond acceptors (Lipinski definition) is 4. The Bertz CT molecular complexity index is 3650. The fourth-order valence-corrected chi connectivity index (χ4v) is 10.3. The molecular weight excluding hydrogens is 781 g/mol. The molecule has 0 amide bonds. The molecule has 64 heavy (non-hydrogen) atoms. The van der Waals surface area contributed by atoms with Crippen LogP contribution in [0.25, 0.3) is 77.5 Å². The summed E-state index contributed by atoms with van der Waals surface area (Å²) in [4.78, 5) is 7.34. The number of anilines is 3. The standard InChI is InChI=1S/C60H38N2O2/c1-4-16-39(17-5-1)40-28-30-43(31-29-40)62(45-32-34-48-47-23-12-13-25-53(47)60(54(48)37-45,41-18-6-2-7-19-41)42-20-8-3-9-21-42)44-33-35-56-50(36-44)51-38-52(46-22-10-11-24-49(46)58(51)63-56)59-61-55-26-14-15-27-57(55)64-59/h1-38H. The highest BCUT2D eigenvalue weighted by molar-refractivity contribution is 6.19. The minimum absolute atomic E-state index is 0.542. The third-order valence-corrected chi connectivity index (χ3v) is 13.2. The van der Waals surface area contributed by atoms with Crippen LogP contribution in [-0.2, 0) is 5.41 Å². The van der Waals surface area contributed by atoms with Crippen molar-refractivity contribution in [1.29, 1.82) is 0 Å². The summed E-state index contributed by atoms with van der Waals surface area (Å²) in [7, 11) is 0. The van der Waals surface area contributed by atoms with Crippen molar-refractivity contribution < 1.29 is 8.83 Å². The molecule has 0 radical (unpaired) electrons. The molecule has 0 aliphatic heterocycles. The zero-order valence-electron chi connectivity index (χ0n) is 34.7. The van der Waals surface area contributed by atoms with Gasteiger partial charge >= 0.3 is 0 Å². The minimum atomic E-state index is -0.542. The first-order valence-electron chi connectivity index (χ1n) is 21.8. The van der Waals surface area contributed by atoms with Crippen molar-refractivity contribution in [3.8, 4) is 33.7 Å². The van der Waals surface area contributed by atoms with Crippen LogP contribution >= 0.6 is 0 Å². The molecule has 0 saturated heterocycles. The molecule has 0 spiro atoms. The lowest BCUT2D eigenvalue weighted by Crippen LogP contribution is -2.28. The molecule has 1 aliphatic rings. The molecule has 4 heteroatoms. The average Bonchev–Trinajstić information content (AvgIpc) is 4.06. The molecule has 0 unspecified atom stereocenters. The first kappa shape index (κ1) is 36.2. The third kappa shape index (κ3) is 5.46. The van der Waals surface area contributed by atoms with Gasteiger partial charge in [-0.05, 0) is 111 Å². The summed E-state index contributed by atoms with van der Waals surface area (Å²) >= 11 is 0. The summed E-state index contributed by atoms with van der Waals surface area (Å²) in [5, 5.41) is 4.06. The van der Waals surface area contributed by atoms with Crippen molar-refractivity contribution in [2.45, 2.75) is 5.41 Å². The molecule has 2 aromatic heterocycles. The highest BCUT2D eigenvalue weighted by atomic mass is 16.3. The number of furan rings is 1. The number of benzene rings is 10. The van der Waals surface area contributed by atoms with Gasteiger partial charge in [-0.3, -0.25) is 0 Å². The molecule has 0 fully saturated rings. The third-order valence-electron chi connectivity index (χ3n) is 13.2. The van der Waals surface area contributed by atoms with E-state index in [0.29, 0.717) is 5.89 Å². The molecule has 0 bridgehead atoms. The molecule has 0 atom stereocenters. The van der Waals surface area contributed by atoms with Gasteiger partial charge in [0, 0.05) is 38.8 Å². The molecule has 0 N–H and O–H groups in total. The molecule has 13 rings (SSSR count). The van der Waals surface area contributed by atoms with E-state index in [9.17, 15) is 0 Å². The van der Waals surface area contributed by atoms with Crippen LogP contribution in [0.15, 0.2) is 239 Å². The lowest BCUT2D eigenvalue weighted by atomic mass is 9.67. The van der Waals surface area contributed by atoms with Crippen molar-refractivity contribution >= 4 is 60.9 Å². The van der Waals surface area contributed by atoms with Gasteiger partial charge in [-0.25, -0.2) is 4.98 Å². The quantitative estimate of drug-likeness (QED) is 0.161. The fraction of sp³-hybridized carbons (Fsp3) is 0.0167. The maximum atomic E-state index is 6.78. The number of hydrogen-bond donors (Lipinski definition) is 0. The minimum Gasteiger partial charge on any atom is -0.455 e. The maximum Gasteiger partial charge on any atom is 0.227 e. The van der Waals surface area contributed by atoms with Gasteiger partial charge in [-0.15, -0.1) is 0 Å². The van der Waals surface area contributed by atoms with Crippen LogP contribution in [0.4, 0.5) is 17.1 Å². The van der Waals surface area contributed by atoms with E-state index in [1.54, 1.807) is 0 Å². The normalized spacial score (nSPS) is 12.8. The average molecular weight is 819 g/mol. The summed E-state index contributed by atoms with van der Waals surface area (Å²) in [5.74, 6) is 0.587. The Hall–Kier alpha value is -8.47. The van der Waals surface area contributed by atoms with E-state index >= 15 is 0 Å². The predicted molar refractivity (Wildman–Crippen MR) is 262 cm³/mol. The number of rotatable bonds is 7. The van der Waals surface area contributed by atoms with Crippen LogP contribution in [0.3, 0.4) is 0 Å². The van der Waals surface area contributed by atoms with E-state index in [1.807, 2.05) is 24.3 Å². The summed E-state index contributed by atoms with van der Waals surface area (Å²) < 4.78 is 13.2. The SMILES string of the molecule is c1ccc(-c2ccc(N(c3ccc4c(c3)C(c3ccccc3)(c3ccccc3)c3ccccc3-4)c3ccc4oc5c6ccccc6c(-c6nc7ccccc7o6)cc5c4c3)cc2)cc1. The highest BCUT2D eigenvalue weighted by Gasteiger charge is 2.46. The fourth-order valence-electron chi connectivity index (χ4n) is 10.3. The molecule has 10 aromatic carbocycles. The zero-order chi connectivity index (χ0) is 42.2. The molecule has 12 aromatic rings. The lowest BCUT2D eigenvalue weighted by Gasteiger charge is -2.35. The van der Waals surface area contributed by atoms with Crippen molar-refractivity contribution in [1.82, 2.24) is 4.98 Å². The Labute approximate surface area is 369 Å². The first-order valence-corrected chi connectivity index (χ1v) is 21.8. The number of para-hydroxylation sites is 2. The molecule has 0 saturated carbocycles. The number of fused-ring (bicyclic) bond motifs is 9. The van der Waals surface area contributed by atoms with Crippen LogP contribution in [0.1, 0.15) is 22.3 Å². The molecule has 1 aliphatic carbocycles. The number of aromatic nitrogens is 1. The largest absolute Gasteiger partial charge is 0.455 e. The van der Waals surface area contributed by atoms with Gasteiger partial charge in [0.05, 0.1) is 5.41 Å². The van der Waals surface area contributed by atoms with Crippen molar-refractivity contribution in [2.75, 3.05) is 4.90 Å². The van der Waals surface area contributed by atoms with Crippen molar-refractivity contribution in [3.63, 3.8) is 0 Å². The van der Waals surface area contributed by atoms with Gasteiger partial charge < -0.3 is 13.7 Å². The predicted octanol–water partition coefficient (Wildman–Crippen LogP) is 16.0. The van der Waals surface area contributed by atoms with Gasteiger partial charge in [0.2, 0.25) is 5.89 Å². The summed E-state index contributed by atoms with van der Waals surface area (Å²) in [6, 6.07) is 82.5. The summed E-state index contributed by atoms with van der Waals surface area (Å²) in [6.45, 7) is 0. The molecule has 4 nitrogen and oxygen atoms in total. The van der Waals surface area contributed by atoms with E-state index in [4.69, 9.17) is 13.8 Å². The molecular formula is C60H38N2O2. The highest BCUT2D eigenvalue weighted by Crippen LogP contribution is 2.57. The second-order valence-corrected chi connectivity index (χ2v) is 16.6. The van der Waals surface area contributed by atoms with E-state index < -0.39 is 5.41 Å². The Morgan fingerprint density at radius 3 is 1.72 bits per heavy atom. The Morgan fingerprint density at radius 2 is 0.953 bits per heavy atom. The van der Waals surface area contributed by atoms with Crippen LogP contribution in [0.5, 0.6) is 0 Å². The van der Waals surface area contributed by atoms with Gasteiger partial charge in [-0.1, -0.05) is 170 Å². The van der Waals surface area contributed by atoms with Crippen LogP contribution < -0.4 is 4.90 Å².